The number of amides is 1. The Morgan fingerprint density at radius 3 is 2.48 bits per heavy atom. The number of rotatable bonds is 4. The van der Waals surface area contributed by atoms with Crippen LogP contribution in [0.3, 0.4) is 0 Å². The Kier molecular flexibility index (Phi) is 5.48. The van der Waals surface area contributed by atoms with Crippen LogP contribution >= 0.6 is 22.6 Å². The largest absolute Gasteiger partial charge is 0.465 e. The molecule has 1 amide bonds. The van der Waals surface area contributed by atoms with Crippen molar-refractivity contribution in [2.75, 3.05) is 0 Å². The summed E-state index contributed by atoms with van der Waals surface area (Å²) in [6.45, 7) is 1.84. The Morgan fingerprint density at radius 2 is 1.95 bits per heavy atom. The second-order valence-electron chi connectivity index (χ2n) is 5.59. The number of carbonyl (C=O) groups is 1. The van der Waals surface area contributed by atoms with Gasteiger partial charge in [-0.05, 0) is 47.9 Å². The van der Waals surface area contributed by atoms with E-state index < -0.39 is 11.8 Å². The highest BCUT2D eigenvalue weighted by Crippen LogP contribution is 2.37. The Morgan fingerprint density at radius 1 is 1.33 bits per heavy atom. The molecular weight excluding hydrogens is 381 g/mol. The van der Waals surface area contributed by atoms with Crippen LogP contribution in [0.2, 0.25) is 0 Å². The molecule has 5 heteroatoms. The van der Waals surface area contributed by atoms with Gasteiger partial charge in [0, 0.05) is 15.2 Å². The second kappa shape index (κ2) is 6.96. The fourth-order valence-corrected chi connectivity index (χ4v) is 4.05. The third kappa shape index (κ3) is 3.34. The minimum Gasteiger partial charge on any atom is -0.465 e. The molecule has 0 aliphatic heterocycles. The van der Waals surface area contributed by atoms with Crippen molar-refractivity contribution in [3.63, 3.8) is 0 Å². The van der Waals surface area contributed by atoms with Gasteiger partial charge in [0.25, 0.3) is 0 Å². The molecule has 1 atom stereocenters. The summed E-state index contributed by atoms with van der Waals surface area (Å²) in [6, 6.07) is 7.37. The Hall–Kier alpha value is -0.820. The van der Waals surface area contributed by atoms with Crippen molar-refractivity contribution in [3.05, 3.63) is 33.4 Å². The quantitative estimate of drug-likeness (QED) is 0.587. The molecule has 0 radical (unpaired) electrons. The average Bonchev–Trinajstić information content (AvgIpc) is 2.48. The topological polar surface area (TPSA) is 60.8 Å². The van der Waals surface area contributed by atoms with E-state index in [1.165, 1.54) is 4.90 Å². The summed E-state index contributed by atoms with van der Waals surface area (Å²) in [6.07, 6.45) is 4.18. The molecule has 0 saturated heterocycles. The molecule has 0 spiro atoms. The van der Waals surface area contributed by atoms with Crippen molar-refractivity contribution in [2.24, 2.45) is 0 Å². The van der Waals surface area contributed by atoms with Crippen LogP contribution in [0.4, 0.5) is 4.79 Å². The van der Waals surface area contributed by atoms with Crippen molar-refractivity contribution in [2.45, 2.75) is 57.2 Å². The molecule has 0 aromatic heterocycles. The van der Waals surface area contributed by atoms with Crippen LogP contribution in [0.25, 0.3) is 0 Å². The van der Waals surface area contributed by atoms with Crippen LogP contribution < -0.4 is 0 Å². The highest BCUT2D eigenvalue weighted by Gasteiger charge is 2.43. The molecule has 1 aromatic carbocycles. The molecule has 4 nitrogen and oxygen atoms in total. The third-order valence-corrected chi connectivity index (χ3v) is 5.28. The van der Waals surface area contributed by atoms with Crippen LogP contribution in [0.15, 0.2) is 24.3 Å². The van der Waals surface area contributed by atoms with Gasteiger partial charge in [-0.25, -0.2) is 4.79 Å². The van der Waals surface area contributed by atoms with E-state index in [0.29, 0.717) is 12.0 Å². The lowest BCUT2D eigenvalue weighted by atomic mass is 9.90. The first-order valence-electron chi connectivity index (χ1n) is 7.50. The summed E-state index contributed by atoms with van der Waals surface area (Å²) >= 11 is 2.16. The molecule has 116 valence electrons. The standard InChI is InChI=1S/C16H22INO3/c1-2-16(21,13-10-6-7-11-14(13)17)18(15(19)20)12-8-4-3-5-9-12/h6-7,10-12,21H,2-5,8-9H2,1H3,(H,19,20)/t16-/m0/s1. The van der Waals surface area contributed by atoms with Crippen molar-refractivity contribution >= 4 is 28.7 Å². The van der Waals surface area contributed by atoms with Crippen LogP contribution in [0, 0.1) is 3.57 Å². The number of aliphatic hydroxyl groups is 1. The molecule has 21 heavy (non-hydrogen) atoms. The van der Waals surface area contributed by atoms with Crippen LogP contribution in [0.1, 0.15) is 51.0 Å². The first-order chi connectivity index (χ1) is 10.0. The molecule has 0 unspecified atom stereocenters. The van der Waals surface area contributed by atoms with E-state index in [1.807, 2.05) is 31.2 Å². The maximum Gasteiger partial charge on any atom is 0.410 e. The summed E-state index contributed by atoms with van der Waals surface area (Å²) in [7, 11) is 0. The maximum atomic E-state index is 11.9. The third-order valence-electron chi connectivity index (χ3n) is 4.34. The maximum absolute atomic E-state index is 11.9. The number of carboxylic acid groups (broad SMARTS) is 1. The van der Waals surface area contributed by atoms with E-state index in [1.54, 1.807) is 0 Å². The normalized spacial score (nSPS) is 19.0. The first-order valence-corrected chi connectivity index (χ1v) is 8.58. The minimum atomic E-state index is -1.45. The van der Waals surface area contributed by atoms with Gasteiger partial charge >= 0.3 is 6.09 Å². The molecule has 2 rings (SSSR count). The molecule has 1 saturated carbocycles. The summed E-state index contributed by atoms with van der Waals surface area (Å²) in [5.74, 6) is 0. The molecule has 1 aromatic rings. The van der Waals surface area contributed by atoms with Crippen LogP contribution in [-0.2, 0) is 5.72 Å². The Balaban J connectivity index is 2.43. The molecule has 1 aliphatic carbocycles. The van der Waals surface area contributed by atoms with Crippen LogP contribution in [0.5, 0.6) is 0 Å². The number of halogens is 1. The Labute approximate surface area is 139 Å². The van der Waals surface area contributed by atoms with E-state index >= 15 is 0 Å². The van der Waals surface area contributed by atoms with Gasteiger partial charge in [0.2, 0.25) is 0 Å². The number of nitrogens with zero attached hydrogens (tertiary/aromatic N) is 1. The van der Waals surface area contributed by atoms with Gasteiger partial charge < -0.3 is 10.2 Å². The summed E-state index contributed by atoms with van der Waals surface area (Å²) < 4.78 is 0.890. The summed E-state index contributed by atoms with van der Waals surface area (Å²) in [5, 5.41) is 20.9. The molecular formula is C16H22INO3. The van der Waals surface area contributed by atoms with Gasteiger partial charge in [0.05, 0.1) is 0 Å². The highest BCUT2D eigenvalue weighted by atomic mass is 127. The average molecular weight is 403 g/mol. The van der Waals surface area contributed by atoms with Gasteiger partial charge in [-0.15, -0.1) is 0 Å². The number of hydrogen-bond acceptors (Lipinski definition) is 2. The van der Waals surface area contributed by atoms with Gasteiger partial charge in [0.15, 0.2) is 5.72 Å². The lowest BCUT2D eigenvalue weighted by Gasteiger charge is -2.44. The van der Waals surface area contributed by atoms with Gasteiger partial charge in [-0.1, -0.05) is 44.4 Å². The Bertz CT molecular complexity index is 502. The van der Waals surface area contributed by atoms with Gasteiger partial charge in [-0.3, -0.25) is 4.90 Å². The predicted octanol–water partition coefficient (Wildman–Crippen LogP) is 4.16. The van der Waals surface area contributed by atoms with E-state index in [4.69, 9.17) is 0 Å². The van der Waals surface area contributed by atoms with Crippen LogP contribution in [-0.4, -0.2) is 27.2 Å². The smallest absolute Gasteiger partial charge is 0.410 e. The monoisotopic (exact) mass is 403 g/mol. The lowest BCUT2D eigenvalue weighted by molar-refractivity contribution is -0.125. The fraction of sp³-hybridized carbons (Fsp3) is 0.562. The van der Waals surface area contributed by atoms with Crippen molar-refractivity contribution in [1.29, 1.82) is 0 Å². The highest BCUT2D eigenvalue weighted by molar-refractivity contribution is 14.1. The SMILES string of the molecule is CC[C@](O)(c1ccccc1I)N(C(=O)O)C1CCCCC1. The zero-order valence-electron chi connectivity index (χ0n) is 12.3. The number of hydrogen-bond donors (Lipinski definition) is 2. The first kappa shape index (κ1) is 16.5. The molecule has 0 heterocycles. The fourth-order valence-electron chi connectivity index (χ4n) is 3.23. The zero-order chi connectivity index (χ0) is 15.5. The minimum absolute atomic E-state index is 0.0998. The second-order valence-corrected chi connectivity index (χ2v) is 6.76. The molecule has 0 bridgehead atoms. The lowest BCUT2D eigenvalue weighted by Crippen LogP contribution is -2.54. The van der Waals surface area contributed by atoms with Gasteiger partial charge in [0.1, 0.15) is 0 Å². The molecule has 1 fully saturated rings. The van der Waals surface area contributed by atoms with E-state index in [-0.39, 0.29) is 6.04 Å². The zero-order valence-corrected chi connectivity index (χ0v) is 14.4. The van der Waals surface area contributed by atoms with E-state index in [2.05, 4.69) is 22.6 Å². The predicted molar refractivity (Wildman–Crippen MR) is 90.1 cm³/mol. The molecule has 1 aliphatic rings. The van der Waals surface area contributed by atoms with E-state index in [0.717, 1.165) is 35.7 Å². The number of benzene rings is 1. The summed E-state index contributed by atoms with van der Waals surface area (Å²) in [4.78, 5) is 13.1. The van der Waals surface area contributed by atoms with Crippen molar-refractivity contribution < 1.29 is 15.0 Å². The molecule has 2 N–H and O–H groups in total. The van der Waals surface area contributed by atoms with Gasteiger partial charge in [-0.2, -0.15) is 0 Å². The van der Waals surface area contributed by atoms with Crippen molar-refractivity contribution in [1.82, 2.24) is 4.90 Å². The van der Waals surface area contributed by atoms with Crippen molar-refractivity contribution in [3.8, 4) is 0 Å². The van der Waals surface area contributed by atoms with E-state index in [9.17, 15) is 15.0 Å². The summed E-state index contributed by atoms with van der Waals surface area (Å²) in [5.41, 5.74) is -0.771.